The summed E-state index contributed by atoms with van der Waals surface area (Å²) in [6.07, 6.45) is 14.8. The monoisotopic (exact) mass is 416 g/mol. The molecule has 1 aromatic rings. The summed E-state index contributed by atoms with van der Waals surface area (Å²) in [5, 5.41) is 20.5. The van der Waals surface area contributed by atoms with E-state index >= 15 is 0 Å². The summed E-state index contributed by atoms with van der Waals surface area (Å²) < 4.78 is 10.2. The molecule has 5 heteroatoms. The fourth-order valence-corrected chi connectivity index (χ4v) is 3.63. The van der Waals surface area contributed by atoms with Gasteiger partial charge in [0.15, 0.2) is 11.5 Å². The van der Waals surface area contributed by atoms with Crippen molar-refractivity contribution in [3.8, 4) is 0 Å². The third kappa shape index (κ3) is 7.86. The average molecular weight is 417 g/mol. The van der Waals surface area contributed by atoms with Crippen molar-refractivity contribution in [2.75, 3.05) is 0 Å². The number of rotatable bonds is 12. The molecule has 0 spiro atoms. The molecule has 0 fully saturated rings. The maximum Gasteiger partial charge on any atom is 0.343 e. The summed E-state index contributed by atoms with van der Waals surface area (Å²) in [5.74, 6) is -0.0151. The topological polar surface area (TPSA) is 79.9 Å². The molecule has 1 aliphatic rings. The highest BCUT2D eigenvalue weighted by Crippen LogP contribution is 2.26. The molecule has 0 saturated carbocycles. The molecule has 5 nitrogen and oxygen atoms in total. The van der Waals surface area contributed by atoms with Crippen molar-refractivity contribution in [2.45, 2.75) is 84.7 Å². The molecule has 0 saturated heterocycles. The minimum atomic E-state index is -0.645. The number of esters is 1. The van der Waals surface area contributed by atoms with E-state index < -0.39 is 11.6 Å². The molecule has 0 radical (unpaired) electrons. The van der Waals surface area contributed by atoms with Crippen LogP contribution in [0.25, 0.3) is 0 Å². The van der Waals surface area contributed by atoms with E-state index in [-0.39, 0.29) is 23.0 Å². The van der Waals surface area contributed by atoms with Crippen LogP contribution in [-0.4, -0.2) is 21.8 Å². The maximum absolute atomic E-state index is 11.5. The zero-order chi connectivity index (χ0) is 22.1. The quantitative estimate of drug-likeness (QED) is 0.315. The highest BCUT2D eigenvalue weighted by Gasteiger charge is 2.26. The van der Waals surface area contributed by atoms with Crippen LogP contribution >= 0.6 is 0 Å². The number of aliphatic hydroxyl groups is 2. The maximum atomic E-state index is 11.5. The molecule has 2 heterocycles. The fourth-order valence-electron chi connectivity index (χ4n) is 3.63. The lowest BCUT2D eigenvalue weighted by atomic mass is 9.92. The number of aryl methyl sites for hydroxylation is 1. The van der Waals surface area contributed by atoms with E-state index in [1.165, 1.54) is 11.1 Å². The number of allylic oxidation sites excluding steroid dienone is 3. The summed E-state index contributed by atoms with van der Waals surface area (Å²) in [5.41, 5.74) is 2.13. The van der Waals surface area contributed by atoms with Gasteiger partial charge in [0.1, 0.15) is 0 Å². The Morgan fingerprint density at radius 2 is 2.07 bits per heavy atom. The highest BCUT2D eigenvalue weighted by molar-refractivity contribution is 5.93. The summed E-state index contributed by atoms with van der Waals surface area (Å²) in [6, 6.07) is 1.97. The van der Waals surface area contributed by atoms with Crippen LogP contribution in [0.1, 0.15) is 78.2 Å². The first-order chi connectivity index (χ1) is 14.2. The minimum absolute atomic E-state index is 0.0419. The molecular formula is C25H36O5. The van der Waals surface area contributed by atoms with Crippen molar-refractivity contribution in [3.63, 3.8) is 0 Å². The van der Waals surface area contributed by atoms with Crippen molar-refractivity contribution in [1.29, 1.82) is 0 Å². The summed E-state index contributed by atoms with van der Waals surface area (Å²) >= 11 is 0. The van der Waals surface area contributed by atoms with Crippen molar-refractivity contribution < 1.29 is 24.2 Å². The Morgan fingerprint density at radius 3 is 2.70 bits per heavy atom. The van der Waals surface area contributed by atoms with E-state index in [0.29, 0.717) is 0 Å². The Labute approximate surface area is 180 Å². The molecule has 0 aliphatic carbocycles. The van der Waals surface area contributed by atoms with E-state index in [1.807, 2.05) is 19.1 Å². The van der Waals surface area contributed by atoms with Crippen molar-refractivity contribution in [2.24, 2.45) is 5.92 Å². The van der Waals surface area contributed by atoms with Gasteiger partial charge in [-0.15, -0.1) is 0 Å². The Kier molecular flexibility index (Phi) is 8.97. The van der Waals surface area contributed by atoms with Gasteiger partial charge in [-0.2, -0.15) is 0 Å². The normalized spacial score (nSPS) is 19.3. The van der Waals surface area contributed by atoms with Gasteiger partial charge < -0.3 is 19.4 Å². The first-order valence-electron chi connectivity index (χ1n) is 10.9. The third-order valence-corrected chi connectivity index (χ3v) is 5.70. The van der Waals surface area contributed by atoms with Gasteiger partial charge in [-0.1, -0.05) is 18.6 Å². The number of carbonyl (C=O) groups excluding carboxylic acids is 1. The van der Waals surface area contributed by atoms with Crippen LogP contribution in [-0.2, 0) is 16.0 Å². The second-order valence-electron chi connectivity index (χ2n) is 8.83. The van der Waals surface area contributed by atoms with Gasteiger partial charge in [-0.25, -0.2) is 4.79 Å². The Balaban J connectivity index is 1.64. The molecular weight excluding hydrogens is 380 g/mol. The zero-order valence-corrected chi connectivity index (χ0v) is 18.7. The van der Waals surface area contributed by atoms with Crippen molar-refractivity contribution in [3.05, 3.63) is 59.0 Å². The lowest BCUT2D eigenvalue weighted by Gasteiger charge is -2.22. The van der Waals surface area contributed by atoms with Gasteiger partial charge in [0.2, 0.25) is 0 Å². The van der Waals surface area contributed by atoms with Gasteiger partial charge in [0, 0.05) is 0 Å². The van der Waals surface area contributed by atoms with Crippen LogP contribution in [0, 0.1) is 5.92 Å². The largest absolute Gasteiger partial charge is 0.504 e. The van der Waals surface area contributed by atoms with Gasteiger partial charge in [0.05, 0.1) is 23.7 Å². The van der Waals surface area contributed by atoms with Crippen LogP contribution in [0.3, 0.4) is 0 Å². The molecule has 1 aliphatic heterocycles. The van der Waals surface area contributed by atoms with Gasteiger partial charge in [-0.3, -0.25) is 0 Å². The molecule has 0 aromatic carbocycles. The van der Waals surface area contributed by atoms with Crippen LogP contribution in [0.4, 0.5) is 0 Å². The smallest absolute Gasteiger partial charge is 0.343 e. The third-order valence-electron chi connectivity index (χ3n) is 5.70. The Bertz CT molecular complexity index is 780. The molecule has 30 heavy (non-hydrogen) atoms. The molecule has 2 rings (SSSR count). The predicted octanol–water partition coefficient (Wildman–Crippen LogP) is 6.16. The van der Waals surface area contributed by atoms with Gasteiger partial charge >= 0.3 is 5.97 Å². The Morgan fingerprint density at radius 1 is 1.30 bits per heavy atom. The molecule has 2 atom stereocenters. The molecule has 1 aromatic heterocycles. The number of furan rings is 1. The molecule has 0 bridgehead atoms. The number of ether oxygens (including phenoxy) is 1. The predicted molar refractivity (Wildman–Crippen MR) is 118 cm³/mol. The molecule has 1 unspecified atom stereocenters. The van der Waals surface area contributed by atoms with Crippen molar-refractivity contribution >= 4 is 5.97 Å². The molecule has 2 N–H and O–H groups in total. The zero-order valence-electron chi connectivity index (χ0n) is 18.7. The minimum Gasteiger partial charge on any atom is -0.504 e. The number of hydrogen-bond acceptors (Lipinski definition) is 5. The van der Waals surface area contributed by atoms with E-state index in [0.717, 1.165) is 51.4 Å². The van der Waals surface area contributed by atoms with Crippen LogP contribution in [0.2, 0.25) is 0 Å². The van der Waals surface area contributed by atoms with E-state index in [9.17, 15) is 15.0 Å². The summed E-state index contributed by atoms with van der Waals surface area (Å²) in [7, 11) is 0. The second-order valence-corrected chi connectivity index (χ2v) is 8.83. The van der Waals surface area contributed by atoms with Crippen LogP contribution < -0.4 is 0 Å². The van der Waals surface area contributed by atoms with Gasteiger partial charge in [-0.05, 0) is 95.8 Å². The van der Waals surface area contributed by atoms with E-state index in [4.69, 9.17) is 9.15 Å². The second kappa shape index (κ2) is 11.2. The van der Waals surface area contributed by atoms with Crippen molar-refractivity contribution in [1.82, 2.24) is 0 Å². The average Bonchev–Trinajstić information content (AvgIpc) is 3.26. The standard InChI is InChI=1S/C25H36O5/c1-18(8-5-9-19(2)16-22-23(26)20(3)24(27)30-22)10-6-13-25(4,28)14-7-11-21-12-15-29-17-21/h10,12,15-17,19,26,28H,5-9,11,13-14H2,1-4H3/b18-10?,22-16-/t19-,25?/m0/s1. The van der Waals surface area contributed by atoms with E-state index in [1.54, 1.807) is 19.5 Å². The number of hydrogen-bond donors (Lipinski definition) is 2. The number of carbonyl (C=O) groups is 1. The summed E-state index contributed by atoms with van der Waals surface area (Å²) in [6.45, 7) is 7.67. The van der Waals surface area contributed by atoms with Gasteiger partial charge in [0.25, 0.3) is 0 Å². The SMILES string of the molecule is CC(=CCCC(C)(O)CCCc1ccoc1)CCC[C@H](C)/C=C1\OC(=O)C(C)=C1O. The first-order valence-corrected chi connectivity index (χ1v) is 10.9. The van der Waals surface area contributed by atoms with Crippen LogP contribution in [0.5, 0.6) is 0 Å². The summed E-state index contributed by atoms with van der Waals surface area (Å²) in [4.78, 5) is 11.5. The number of aliphatic hydroxyl groups excluding tert-OH is 1. The molecule has 166 valence electrons. The number of cyclic esters (lactones) is 1. The lowest BCUT2D eigenvalue weighted by molar-refractivity contribution is -0.133. The van der Waals surface area contributed by atoms with E-state index in [2.05, 4.69) is 19.9 Å². The lowest BCUT2D eigenvalue weighted by Crippen LogP contribution is -2.23. The molecule has 0 amide bonds. The Hall–Kier alpha value is -2.27. The van der Waals surface area contributed by atoms with Crippen LogP contribution in [0.15, 0.2) is 57.8 Å². The fraction of sp³-hybridized carbons (Fsp3) is 0.560. The first kappa shape index (κ1) is 24.0. The highest BCUT2D eigenvalue weighted by atomic mass is 16.6.